The molecule has 180 valence electrons. The van der Waals surface area contributed by atoms with Gasteiger partial charge in [-0.25, -0.2) is 0 Å². The van der Waals surface area contributed by atoms with Crippen LogP contribution in [0.25, 0.3) is 20.5 Å². The Kier molecular flexibility index (Phi) is 7.05. The fourth-order valence-electron chi connectivity index (χ4n) is 5.70. The average Bonchev–Trinajstić information content (AvgIpc) is 3.30. The van der Waals surface area contributed by atoms with Gasteiger partial charge in [0, 0.05) is 22.7 Å². The third kappa shape index (κ3) is 5.07. The van der Waals surface area contributed by atoms with Crippen LogP contribution in [0.5, 0.6) is 0 Å². The minimum absolute atomic E-state index is 0.254. The Hall–Kier alpha value is -2.21. The lowest BCUT2D eigenvalue weighted by atomic mass is 9.68. The van der Waals surface area contributed by atoms with Crippen molar-refractivity contribution in [1.82, 2.24) is 10.2 Å². The van der Waals surface area contributed by atoms with Crippen molar-refractivity contribution >= 4 is 27.3 Å². The van der Waals surface area contributed by atoms with Gasteiger partial charge in [0.25, 0.3) is 0 Å². The molecule has 5 heteroatoms. The van der Waals surface area contributed by atoms with E-state index in [1.807, 2.05) is 11.3 Å². The molecule has 34 heavy (non-hydrogen) atoms. The van der Waals surface area contributed by atoms with Crippen molar-refractivity contribution in [3.8, 4) is 10.4 Å². The third-order valence-corrected chi connectivity index (χ3v) is 9.10. The maximum Gasteiger partial charge on any atom is 0.226 e. The predicted octanol–water partition coefficient (Wildman–Crippen LogP) is 5.90. The molecule has 3 aromatic rings. The fourth-order valence-corrected chi connectivity index (χ4v) is 6.76. The van der Waals surface area contributed by atoms with Gasteiger partial charge in [-0.2, -0.15) is 0 Å². The SMILES string of the molecule is COC1CCC(Cc2cccc(-c3cc4ccccc4s3)c2)(C(=O)NC2CCN(C)CC2)CC1. The first kappa shape index (κ1) is 23.5. The molecule has 1 aliphatic carbocycles. The number of hydrogen-bond donors (Lipinski definition) is 1. The molecular weight excluding hydrogens is 440 g/mol. The van der Waals surface area contributed by atoms with Gasteiger partial charge in [-0.15, -0.1) is 11.3 Å². The normalized spacial score (nSPS) is 24.4. The molecule has 0 unspecified atom stereocenters. The minimum Gasteiger partial charge on any atom is -0.381 e. The molecule has 0 atom stereocenters. The van der Waals surface area contributed by atoms with Crippen molar-refractivity contribution in [2.24, 2.45) is 5.41 Å². The summed E-state index contributed by atoms with van der Waals surface area (Å²) in [5.74, 6) is 0.254. The molecule has 0 spiro atoms. The summed E-state index contributed by atoms with van der Waals surface area (Å²) in [6.07, 6.45) is 6.82. The van der Waals surface area contributed by atoms with E-state index in [9.17, 15) is 4.79 Å². The van der Waals surface area contributed by atoms with Gasteiger partial charge < -0.3 is 15.0 Å². The smallest absolute Gasteiger partial charge is 0.226 e. The maximum atomic E-state index is 13.8. The molecule has 1 N–H and O–H groups in total. The van der Waals surface area contributed by atoms with Crippen LogP contribution in [-0.2, 0) is 16.0 Å². The molecule has 2 aliphatic rings. The highest BCUT2D eigenvalue weighted by Gasteiger charge is 2.42. The first-order valence-corrected chi connectivity index (χ1v) is 13.5. The number of nitrogens with one attached hydrogen (secondary N) is 1. The zero-order chi connectivity index (χ0) is 23.5. The van der Waals surface area contributed by atoms with Crippen molar-refractivity contribution < 1.29 is 9.53 Å². The second kappa shape index (κ2) is 10.2. The second-order valence-electron chi connectivity index (χ2n) is 10.3. The first-order chi connectivity index (χ1) is 16.5. The van der Waals surface area contributed by atoms with E-state index in [2.05, 4.69) is 71.9 Å². The van der Waals surface area contributed by atoms with Crippen molar-refractivity contribution in [1.29, 1.82) is 0 Å². The summed E-state index contributed by atoms with van der Waals surface area (Å²) in [5.41, 5.74) is 2.15. The van der Waals surface area contributed by atoms with Crippen molar-refractivity contribution in [2.75, 3.05) is 27.2 Å². The van der Waals surface area contributed by atoms with E-state index >= 15 is 0 Å². The molecular formula is C29H36N2O2S. The quantitative estimate of drug-likeness (QED) is 0.482. The summed E-state index contributed by atoms with van der Waals surface area (Å²) >= 11 is 1.84. The number of carbonyl (C=O) groups excluding carboxylic acids is 1. The van der Waals surface area contributed by atoms with Crippen LogP contribution in [0.3, 0.4) is 0 Å². The Bertz CT molecular complexity index is 1090. The van der Waals surface area contributed by atoms with Crippen molar-refractivity contribution in [3.05, 3.63) is 60.2 Å². The summed E-state index contributed by atoms with van der Waals surface area (Å²) in [6, 6.07) is 20.0. The zero-order valence-electron chi connectivity index (χ0n) is 20.4. The topological polar surface area (TPSA) is 41.6 Å². The van der Waals surface area contributed by atoms with Gasteiger partial charge in [0.05, 0.1) is 11.5 Å². The van der Waals surface area contributed by atoms with Crippen molar-refractivity contribution in [3.63, 3.8) is 0 Å². The molecule has 1 amide bonds. The van der Waals surface area contributed by atoms with Crippen LogP contribution >= 0.6 is 11.3 Å². The number of likely N-dealkylation sites (tertiary alicyclic amines) is 1. The van der Waals surface area contributed by atoms with Gasteiger partial charge >= 0.3 is 0 Å². The number of carbonyl (C=O) groups is 1. The molecule has 1 saturated heterocycles. The Morgan fingerprint density at radius 3 is 2.56 bits per heavy atom. The number of piperidine rings is 1. The Balaban J connectivity index is 1.38. The summed E-state index contributed by atoms with van der Waals surface area (Å²) in [7, 11) is 3.96. The molecule has 0 bridgehead atoms. The van der Waals surface area contributed by atoms with Gasteiger partial charge in [0.1, 0.15) is 0 Å². The molecule has 2 aromatic carbocycles. The first-order valence-electron chi connectivity index (χ1n) is 12.6. The molecule has 1 aliphatic heterocycles. The molecule has 1 aromatic heterocycles. The Labute approximate surface area is 207 Å². The van der Waals surface area contributed by atoms with Crippen LogP contribution in [0.1, 0.15) is 44.1 Å². The molecule has 0 radical (unpaired) electrons. The Morgan fingerprint density at radius 2 is 1.82 bits per heavy atom. The number of thiophene rings is 1. The fraction of sp³-hybridized carbons (Fsp3) is 0.483. The zero-order valence-corrected chi connectivity index (χ0v) is 21.2. The molecule has 5 rings (SSSR count). The number of methoxy groups -OCH3 is 1. The van der Waals surface area contributed by atoms with Crippen LogP contribution in [0.4, 0.5) is 0 Å². The molecule has 1 saturated carbocycles. The monoisotopic (exact) mass is 476 g/mol. The number of benzene rings is 2. The molecule has 2 heterocycles. The van der Waals surface area contributed by atoms with E-state index in [1.54, 1.807) is 7.11 Å². The number of rotatable bonds is 6. The summed E-state index contributed by atoms with van der Waals surface area (Å²) in [4.78, 5) is 17.4. The minimum atomic E-state index is -0.350. The number of amides is 1. The predicted molar refractivity (Wildman–Crippen MR) is 141 cm³/mol. The lowest BCUT2D eigenvalue weighted by molar-refractivity contribution is -0.135. The van der Waals surface area contributed by atoms with Gasteiger partial charge in [0.15, 0.2) is 0 Å². The van der Waals surface area contributed by atoms with E-state index in [0.29, 0.717) is 6.04 Å². The number of ether oxygens (including phenoxy) is 1. The van der Waals surface area contributed by atoms with Gasteiger partial charge in [-0.1, -0.05) is 42.5 Å². The van der Waals surface area contributed by atoms with Gasteiger partial charge in [-0.3, -0.25) is 4.79 Å². The number of nitrogens with zero attached hydrogens (tertiary/aromatic N) is 1. The van der Waals surface area contributed by atoms with Gasteiger partial charge in [-0.05, 0) is 93.7 Å². The lowest BCUT2D eigenvalue weighted by Gasteiger charge is -2.40. The highest BCUT2D eigenvalue weighted by Crippen LogP contribution is 2.42. The van der Waals surface area contributed by atoms with Crippen LogP contribution in [0.15, 0.2) is 54.6 Å². The van der Waals surface area contributed by atoms with E-state index in [0.717, 1.165) is 58.0 Å². The van der Waals surface area contributed by atoms with Gasteiger partial charge in [0.2, 0.25) is 5.91 Å². The van der Waals surface area contributed by atoms with E-state index in [1.165, 1.54) is 26.1 Å². The highest BCUT2D eigenvalue weighted by atomic mass is 32.1. The van der Waals surface area contributed by atoms with Crippen molar-refractivity contribution in [2.45, 2.75) is 57.1 Å². The molecule has 2 fully saturated rings. The number of hydrogen-bond acceptors (Lipinski definition) is 4. The second-order valence-corrected chi connectivity index (χ2v) is 11.4. The highest BCUT2D eigenvalue weighted by molar-refractivity contribution is 7.22. The van der Waals surface area contributed by atoms with Crippen LogP contribution in [-0.4, -0.2) is 50.2 Å². The summed E-state index contributed by atoms with van der Waals surface area (Å²) < 4.78 is 6.96. The van der Waals surface area contributed by atoms with Crippen LogP contribution < -0.4 is 5.32 Å². The average molecular weight is 477 g/mol. The van der Waals surface area contributed by atoms with Crippen LogP contribution in [0, 0.1) is 5.41 Å². The van der Waals surface area contributed by atoms with Crippen LogP contribution in [0.2, 0.25) is 0 Å². The van der Waals surface area contributed by atoms with E-state index in [4.69, 9.17) is 4.74 Å². The molecule has 4 nitrogen and oxygen atoms in total. The lowest BCUT2D eigenvalue weighted by Crippen LogP contribution is -2.51. The summed E-state index contributed by atoms with van der Waals surface area (Å²) in [5, 5.41) is 4.75. The maximum absolute atomic E-state index is 13.8. The van der Waals surface area contributed by atoms with E-state index < -0.39 is 0 Å². The third-order valence-electron chi connectivity index (χ3n) is 7.94. The Morgan fingerprint density at radius 1 is 1.06 bits per heavy atom. The standard InChI is InChI=1S/C29H36N2O2S/c1-31-16-12-24(13-17-31)30-28(32)29(14-10-25(33-2)11-15-29)20-21-6-5-8-22(18-21)27-19-23-7-3-4-9-26(23)34-27/h3-9,18-19,24-25H,10-17,20H2,1-2H3,(H,30,32). The van der Waals surface area contributed by atoms with E-state index in [-0.39, 0.29) is 17.4 Å². The largest absolute Gasteiger partial charge is 0.381 e. The summed E-state index contributed by atoms with van der Waals surface area (Å²) in [6.45, 7) is 2.11. The number of fused-ring (bicyclic) bond motifs is 1.